The molecule has 7 heteroatoms. The molecule has 1 aliphatic rings. The Kier molecular flexibility index (Phi) is 7.68. The second kappa shape index (κ2) is 10.9. The van der Waals surface area contributed by atoms with Gasteiger partial charge in [0.05, 0.1) is 24.2 Å². The highest BCUT2D eigenvalue weighted by Gasteiger charge is 2.35. The maximum atomic E-state index is 13.7. The van der Waals surface area contributed by atoms with Crippen molar-refractivity contribution >= 4 is 40.4 Å². The number of carbonyl (C=O) groups is 2. The van der Waals surface area contributed by atoms with Crippen molar-refractivity contribution in [1.29, 1.82) is 0 Å². The molecule has 0 unspecified atom stereocenters. The van der Waals surface area contributed by atoms with Crippen molar-refractivity contribution in [3.05, 3.63) is 81.5 Å². The van der Waals surface area contributed by atoms with Gasteiger partial charge in [-0.15, -0.1) is 11.3 Å². The number of carbonyl (C=O) groups excluding carboxylic acids is 2. The number of anilines is 1. The molecule has 2 aromatic carbocycles. The van der Waals surface area contributed by atoms with E-state index in [1.807, 2.05) is 41.8 Å². The van der Waals surface area contributed by atoms with Crippen molar-refractivity contribution in [2.75, 3.05) is 12.0 Å². The number of nitrogens with one attached hydrogen (secondary N) is 1. The Morgan fingerprint density at radius 3 is 2.45 bits per heavy atom. The van der Waals surface area contributed by atoms with Crippen molar-refractivity contribution in [1.82, 2.24) is 5.32 Å². The summed E-state index contributed by atoms with van der Waals surface area (Å²) in [6.45, 7) is 0. The first-order valence-electron chi connectivity index (χ1n) is 11.1. The van der Waals surface area contributed by atoms with Gasteiger partial charge in [0, 0.05) is 10.9 Å². The van der Waals surface area contributed by atoms with Crippen LogP contribution in [0.3, 0.4) is 0 Å². The second-order valence-corrected chi connectivity index (χ2v) is 9.58. The third-order valence-corrected chi connectivity index (χ3v) is 7.12. The molecule has 0 bridgehead atoms. The standard InChI is InChI=1S/C26H27ClN2O3S/c1-32-20-14-12-18(13-15-20)25(26(31)28-19-7-2-3-8-19)29(23-11-5-4-10-22(23)27)24(30)17-21-9-6-16-33-21/h4-6,9-16,19,25H,2-3,7-8,17H2,1H3,(H,28,31)/t25-/m1/s1. The van der Waals surface area contributed by atoms with Crippen molar-refractivity contribution in [3.63, 3.8) is 0 Å². The van der Waals surface area contributed by atoms with Crippen LogP contribution in [0, 0.1) is 0 Å². The zero-order valence-corrected chi connectivity index (χ0v) is 20.1. The van der Waals surface area contributed by atoms with Crippen LogP contribution < -0.4 is 15.0 Å². The van der Waals surface area contributed by atoms with E-state index in [9.17, 15) is 9.59 Å². The summed E-state index contributed by atoms with van der Waals surface area (Å²) in [4.78, 5) is 29.9. The number of rotatable bonds is 8. The van der Waals surface area contributed by atoms with E-state index in [1.54, 1.807) is 36.3 Å². The number of nitrogens with zero attached hydrogens (tertiary/aromatic N) is 1. The molecule has 3 aromatic rings. The zero-order valence-electron chi connectivity index (χ0n) is 18.5. The number of amides is 2. The number of hydrogen-bond acceptors (Lipinski definition) is 4. The van der Waals surface area contributed by atoms with Gasteiger partial charge in [0.15, 0.2) is 0 Å². The molecule has 1 saturated carbocycles. The third kappa shape index (κ3) is 5.57. The smallest absolute Gasteiger partial charge is 0.248 e. The van der Waals surface area contributed by atoms with Crippen molar-refractivity contribution in [2.24, 2.45) is 0 Å². The van der Waals surface area contributed by atoms with Gasteiger partial charge in [-0.1, -0.05) is 54.8 Å². The SMILES string of the molecule is COc1ccc([C@H](C(=O)NC2CCCC2)N(C(=O)Cc2cccs2)c2ccccc2Cl)cc1. The van der Waals surface area contributed by atoms with Crippen LogP contribution in [-0.2, 0) is 16.0 Å². The molecule has 0 radical (unpaired) electrons. The predicted molar refractivity (Wildman–Crippen MR) is 133 cm³/mol. The van der Waals surface area contributed by atoms with Crippen LogP contribution in [0.25, 0.3) is 0 Å². The van der Waals surface area contributed by atoms with E-state index in [2.05, 4.69) is 5.32 Å². The summed E-state index contributed by atoms with van der Waals surface area (Å²) in [5.74, 6) is 0.294. The van der Waals surface area contributed by atoms with Crippen LogP contribution in [0.4, 0.5) is 5.69 Å². The van der Waals surface area contributed by atoms with E-state index in [1.165, 1.54) is 11.3 Å². The summed E-state index contributed by atoms with van der Waals surface area (Å²) in [7, 11) is 1.60. The maximum Gasteiger partial charge on any atom is 0.248 e. The van der Waals surface area contributed by atoms with E-state index in [0.29, 0.717) is 22.0 Å². The van der Waals surface area contributed by atoms with Gasteiger partial charge in [0.25, 0.3) is 0 Å². The van der Waals surface area contributed by atoms with Gasteiger partial charge in [-0.25, -0.2) is 0 Å². The Morgan fingerprint density at radius 1 is 1.09 bits per heavy atom. The molecule has 5 nitrogen and oxygen atoms in total. The van der Waals surface area contributed by atoms with Gasteiger partial charge >= 0.3 is 0 Å². The fraction of sp³-hybridized carbons (Fsp3) is 0.308. The summed E-state index contributed by atoms with van der Waals surface area (Å²) in [5, 5.41) is 5.55. The fourth-order valence-electron chi connectivity index (χ4n) is 4.27. The first-order valence-corrected chi connectivity index (χ1v) is 12.4. The average molecular weight is 483 g/mol. The monoisotopic (exact) mass is 482 g/mol. The lowest BCUT2D eigenvalue weighted by molar-refractivity contribution is -0.127. The minimum absolute atomic E-state index is 0.124. The van der Waals surface area contributed by atoms with Gasteiger partial charge in [0.2, 0.25) is 11.8 Å². The topological polar surface area (TPSA) is 58.6 Å². The maximum absolute atomic E-state index is 13.7. The minimum Gasteiger partial charge on any atom is -0.497 e. The molecule has 1 aromatic heterocycles. The van der Waals surface area contributed by atoms with Crippen LogP contribution in [0.2, 0.25) is 5.02 Å². The molecule has 1 N–H and O–H groups in total. The largest absolute Gasteiger partial charge is 0.497 e. The predicted octanol–water partition coefficient (Wildman–Crippen LogP) is 5.79. The van der Waals surface area contributed by atoms with Gasteiger partial charge in [-0.2, -0.15) is 0 Å². The molecular formula is C26H27ClN2O3S. The Labute approximate surface area is 203 Å². The van der Waals surface area contributed by atoms with Crippen LogP contribution >= 0.6 is 22.9 Å². The van der Waals surface area contributed by atoms with E-state index >= 15 is 0 Å². The molecule has 1 heterocycles. The average Bonchev–Trinajstić information content (AvgIpc) is 3.52. The summed E-state index contributed by atoms with van der Waals surface area (Å²) >= 11 is 8.07. The lowest BCUT2D eigenvalue weighted by Crippen LogP contribution is -2.47. The number of hydrogen-bond donors (Lipinski definition) is 1. The zero-order chi connectivity index (χ0) is 23.2. The highest BCUT2D eigenvalue weighted by atomic mass is 35.5. The molecule has 4 rings (SSSR count). The number of benzene rings is 2. The molecule has 0 aliphatic heterocycles. The molecule has 1 aliphatic carbocycles. The molecule has 1 fully saturated rings. The van der Waals surface area contributed by atoms with Crippen LogP contribution in [-0.4, -0.2) is 25.0 Å². The quantitative estimate of drug-likeness (QED) is 0.442. The number of ether oxygens (including phenoxy) is 1. The number of methoxy groups -OCH3 is 1. The summed E-state index contributed by atoms with van der Waals surface area (Å²) in [5.41, 5.74) is 1.22. The van der Waals surface area contributed by atoms with E-state index in [-0.39, 0.29) is 24.3 Å². The highest BCUT2D eigenvalue weighted by molar-refractivity contribution is 7.10. The number of thiophene rings is 1. The summed E-state index contributed by atoms with van der Waals surface area (Å²) < 4.78 is 5.30. The summed E-state index contributed by atoms with van der Waals surface area (Å²) in [6.07, 6.45) is 4.30. The van der Waals surface area contributed by atoms with Gasteiger partial charge < -0.3 is 10.1 Å². The lowest BCUT2D eigenvalue weighted by atomic mass is 10.0. The summed E-state index contributed by atoms with van der Waals surface area (Å²) in [6, 6.07) is 17.6. The van der Waals surface area contributed by atoms with Crippen molar-refractivity contribution in [2.45, 2.75) is 44.2 Å². The van der Waals surface area contributed by atoms with Crippen molar-refractivity contribution in [3.8, 4) is 5.75 Å². The van der Waals surface area contributed by atoms with Gasteiger partial charge in [0.1, 0.15) is 11.8 Å². The molecule has 172 valence electrons. The second-order valence-electron chi connectivity index (χ2n) is 8.14. The Hall–Kier alpha value is -2.83. The number of para-hydroxylation sites is 1. The van der Waals surface area contributed by atoms with E-state index < -0.39 is 6.04 Å². The number of halogens is 1. The molecular weight excluding hydrogens is 456 g/mol. The Balaban J connectivity index is 1.77. The van der Waals surface area contributed by atoms with Crippen LogP contribution in [0.15, 0.2) is 66.0 Å². The van der Waals surface area contributed by atoms with Gasteiger partial charge in [-0.3, -0.25) is 14.5 Å². The molecule has 33 heavy (non-hydrogen) atoms. The van der Waals surface area contributed by atoms with Crippen LogP contribution in [0.5, 0.6) is 5.75 Å². The first-order chi connectivity index (χ1) is 16.1. The lowest BCUT2D eigenvalue weighted by Gasteiger charge is -2.33. The molecule has 0 spiro atoms. The highest BCUT2D eigenvalue weighted by Crippen LogP contribution is 2.35. The fourth-order valence-corrected chi connectivity index (χ4v) is 5.19. The Morgan fingerprint density at radius 2 is 1.82 bits per heavy atom. The van der Waals surface area contributed by atoms with E-state index in [4.69, 9.17) is 16.3 Å². The minimum atomic E-state index is -0.858. The van der Waals surface area contributed by atoms with Crippen LogP contribution in [0.1, 0.15) is 42.2 Å². The Bertz CT molecular complexity index is 1080. The first kappa shape index (κ1) is 23.3. The molecule has 2 amide bonds. The van der Waals surface area contributed by atoms with Gasteiger partial charge in [-0.05, 0) is 54.1 Å². The molecule has 1 atom stereocenters. The normalized spacial score (nSPS) is 14.6. The van der Waals surface area contributed by atoms with Crippen molar-refractivity contribution < 1.29 is 14.3 Å². The van der Waals surface area contributed by atoms with E-state index in [0.717, 1.165) is 30.6 Å². The third-order valence-electron chi connectivity index (χ3n) is 5.93. The molecule has 0 saturated heterocycles.